The Morgan fingerprint density at radius 1 is 0.968 bits per heavy atom. The molecule has 0 spiro atoms. The second-order valence-corrected chi connectivity index (χ2v) is 7.85. The number of fused-ring (bicyclic) bond motifs is 1. The molecule has 3 aromatic carbocycles. The number of carboxylic acid groups (broad SMARTS) is 1. The molecule has 4 rings (SSSR count). The highest BCUT2D eigenvalue weighted by Crippen LogP contribution is 2.23. The van der Waals surface area contributed by atoms with Crippen molar-refractivity contribution in [3.05, 3.63) is 89.2 Å². The second-order valence-electron chi connectivity index (χ2n) is 6.84. The minimum absolute atomic E-state index is 0.366. The number of hydrogen-bond acceptors (Lipinski definition) is 4. The first kappa shape index (κ1) is 20.6. The Morgan fingerprint density at radius 3 is 2.29 bits per heavy atom. The third-order valence-electron chi connectivity index (χ3n) is 4.79. The van der Waals surface area contributed by atoms with E-state index in [0.29, 0.717) is 28.3 Å². The van der Waals surface area contributed by atoms with Gasteiger partial charge in [0.25, 0.3) is 5.91 Å². The largest absolute Gasteiger partial charge is 0.480 e. The topological polar surface area (TPSA) is 80.9 Å². The molecule has 0 fully saturated rings. The lowest BCUT2D eigenvalue weighted by Crippen LogP contribution is -2.27. The Bertz CT molecular complexity index is 1290. The van der Waals surface area contributed by atoms with E-state index < -0.39 is 17.9 Å². The Hall–Kier alpha value is -3.71. The Labute approximate surface area is 182 Å². The van der Waals surface area contributed by atoms with Crippen LogP contribution in [0.5, 0.6) is 11.5 Å². The van der Waals surface area contributed by atoms with Gasteiger partial charge in [-0.25, -0.2) is 4.79 Å². The van der Waals surface area contributed by atoms with Gasteiger partial charge in [0.05, 0.1) is 10.2 Å². The molecular weight excluding hydrogens is 412 g/mol. The van der Waals surface area contributed by atoms with Gasteiger partial charge in [-0.05, 0) is 55.0 Å². The van der Waals surface area contributed by atoms with Crippen molar-refractivity contribution in [2.75, 3.05) is 0 Å². The van der Waals surface area contributed by atoms with Gasteiger partial charge < -0.3 is 14.4 Å². The predicted octanol–water partition coefficient (Wildman–Crippen LogP) is 5.27. The van der Waals surface area contributed by atoms with Crippen LogP contribution in [0.2, 0.25) is 0 Å². The number of carbonyl (C=O) groups is 2. The third-order valence-corrected chi connectivity index (χ3v) is 5.83. The fourth-order valence-electron chi connectivity index (χ4n) is 3.28. The molecule has 1 heterocycles. The van der Waals surface area contributed by atoms with Crippen LogP contribution in [0, 0.1) is 0 Å². The molecule has 0 saturated carbocycles. The van der Waals surface area contributed by atoms with Gasteiger partial charge in [0, 0.05) is 5.56 Å². The Balaban J connectivity index is 1.68. The summed E-state index contributed by atoms with van der Waals surface area (Å²) >= 11 is 1.30. The van der Waals surface area contributed by atoms with Gasteiger partial charge in [-0.1, -0.05) is 48.6 Å². The fourth-order valence-corrected chi connectivity index (χ4v) is 4.35. The van der Waals surface area contributed by atoms with E-state index in [9.17, 15) is 14.7 Å². The molecule has 6 nitrogen and oxygen atoms in total. The molecular formula is C24H20N2O4S. The lowest BCUT2D eigenvalue weighted by Gasteiger charge is -2.13. The molecule has 0 saturated heterocycles. The molecule has 0 aliphatic carbocycles. The summed E-state index contributed by atoms with van der Waals surface area (Å²) < 4.78 is 8.26. The summed E-state index contributed by atoms with van der Waals surface area (Å²) in [5.41, 5.74) is 1.15. The number of rotatable bonds is 6. The number of aliphatic carboxylic acids is 1. The molecule has 1 N–H and O–H groups in total. The molecule has 31 heavy (non-hydrogen) atoms. The van der Waals surface area contributed by atoms with E-state index >= 15 is 0 Å². The summed E-state index contributed by atoms with van der Waals surface area (Å²) in [7, 11) is 0. The normalized spacial score (nSPS) is 12.6. The standard InChI is InChI=1S/C24H20N2O4S/c1-2-19(23(28)29)26-20-10-6-7-11-21(20)31-24(26)25-22(27)16-12-14-18(15-13-16)30-17-8-4-3-5-9-17/h3-15,19H,2H2,1H3,(H,28,29)/b25-24-. The first-order valence-corrected chi connectivity index (χ1v) is 10.6. The molecule has 7 heteroatoms. The number of carboxylic acids is 1. The lowest BCUT2D eigenvalue weighted by molar-refractivity contribution is -0.140. The summed E-state index contributed by atoms with van der Waals surface area (Å²) in [6.07, 6.45) is 0.378. The zero-order valence-corrected chi connectivity index (χ0v) is 17.6. The van der Waals surface area contributed by atoms with E-state index in [1.807, 2.05) is 54.6 Å². The van der Waals surface area contributed by atoms with E-state index in [2.05, 4.69) is 4.99 Å². The van der Waals surface area contributed by atoms with Crippen molar-refractivity contribution < 1.29 is 19.4 Å². The van der Waals surface area contributed by atoms with Crippen LogP contribution in [-0.2, 0) is 4.79 Å². The third kappa shape index (κ3) is 4.41. The number of thiazole rings is 1. The zero-order valence-electron chi connectivity index (χ0n) is 16.8. The lowest BCUT2D eigenvalue weighted by atomic mass is 10.2. The molecule has 0 aliphatic rings. The van der Waals surface area contributed by atoms with Gasteiger partial charge in [0.1, 0.15) is 17.5 Å². The number of nitrogens with zero attached hydrogens (tertiary/aromatic N) is 2. The molecule has 0 aliphatic heterocycles. The van der Waals surface area contributed by atoms with Crippen molar-refractivity contribution in [2.24, 2.45) is 4.99 Å². The van der Waals surface area contributed by atoms with Gasteiger partial charge in [-0.15, -0.1) is 0 Å². The van der Waals surface area contributed by atoms with Gasteiger partial charge in [-0.3, -0.25) is 4.79 Å². The monoisotopic (exact) mass is 432 g/mol. The zero-order chi connectivity index (χ0) is 21.8. The predicted molar refractivity (Wildman–Crippen MR) is 120 cm³/mol. The summed E-state index contributed by atoms with van der Waals surface area (Å²) in [6, 6.07) is 22.7. The first-order chi connectivity index (χ1) is 15.1. The van der Waals surface area contributed by atoms with E-state index in [1.54, 1.807) is 35.8 Å². The molecule has 1 amide bonds. The van der Waals surface area contributed by atoms with Gasteiger partial charge >= 0.3 is 5.97 Å². The molecule has 1 aromatic heterocycles. The minimum Gasteiger partial charge on any atom is -0.480 e. The van der Waals surface area contributed by atoms with Crippen LogP contribution >= 0.6 is 11.3 Å². The van der Waals surface area contributed by atoms with Crippen LogP contribution in [0.4, 0.5) is 0 Å². The van der Waals surface area contributed by atoms with E-state index in [4.69, 9.17) is 4.74 Å². The van der Waals surface area contributed by atoms with Crippen LogP contribution in [-0.4, -0.2) is 21.6 Å². The van der Waals surface area contributed by atoms with Crippen molar-refractivity contribution in [1.29, 1.82) is 0 Å². The molecule has 0 radical (unpaired) electrons. The average molecular weight is 433 g/mol. The first-order valence-electron chi connectivity index (χ1n) is 9.81. The van der Waals surface area contributed by atoms with Gasteiger partial charge in [0.2, 0.25) is 0 Å². The Kier molecular flexibility index (Phi) is 5.95. The van der Waals surface area contributed by atoms with E-state index in [0.717, 1.165) is 10.2 Å². The highest BCUT2D eigenvalue weighted by molar-refractivity contribution is 7.16. The maximum atomic E-state index is 12.8. The van der Waals surface area contributed by atoms with Crippen molar-refractivity contribution in [2.45, 2.75) is 19.4 Å². The number of hydrogen-bond donors (Lipinski definition) is 1. The summed E-state index contributed by atoms with van der Waals surface area (Å²) in [5.74, 6) is -0.0809. The molecule has 0 bridgehead atoms. The summed E-state index contributed by atoms with van der Waals surface area (Å²) in [4.78, 5) is 29.3. The second kappa shape index (κ2) is 8.97. The minimum atomic E-state index is -0.956. The number of carbonyl (C=O) groups excluding carboxylic acids is 1. The maximum absolute atomic E-state index is 12.8. The van der Waals surface area contributed by atoms with Crippen molar-refractivity contribution >= 4 is 33.4 Å². The van der Waals surface area contributed by atoms with E-state index in [-0.39, 0.29) is 0 Å². The van der Waals surface area contributed by atoms with Crippen LogP contribution in [0.25, 0.3) is 10.2 Å². The van der Waals surface area contributed by atoms with Gasteiger partial charge in [-0.2, -0.15) is 4.99 Å². The van der Waals surface area contributed by atoms with Crippen LogP contribution in [0.3, 0.4) is 0 Å². The quantitative estimate of drug-likeness (QED) is 0.450. The number of benzene rings is 3. The highest BCUT2D eigenvalue weighted by atomic mass is 32.1. The van der Waals surface area contributed by atoms with Crippen molar-refractivity contribution in [3.8, 4) is 11.5 Å². The SMILES string of the molecule is CCC(C(=O)O)n1/c(=N/C(=O)c2ccc(Oc3ccccc3)cc2)sc2ccccc21. The fraction of sp³-hybridized carbons (Fsp3) is 0.125. The number of amides is 1. The maximum Gasteiger partial charge on any atom is 0.326 e. The summed E-state index contributed by atoms with van der Waals surface area (Å²) in [6.45, 7) is 1.80. The van der Waals surface area contributed by atoms with Crippen LogP contribution in [0.1, 0.15) is 29.7 Å². The van der Waals surface area contributed by atoms with E-state index in [1.165, 1.54) is 11.3 Å². The number of para-hydroxylation sites is 2. The molecule has 4 aromatic rings. The summed E-state index contributed by atoms with van der Waals surface area (Å²) in [5, 5.41) is 9.68. The highest BCUT2D eigenvalue weighted by Gasteiger charge is 2.22. The van der Waals surface area contributed by atoms with Crippen LogP contribution < -0.4 is 9.54 Å². The van der Waals surface area contributed by atoms with Gasteiger partial charge in [0.15, 0.2) is 4.80 Å². The number of ether oxygens (including phenoxy) is 1. The van der Waals surface area contributed by atoms with Crippen LogP contribution in [0.15, 0.2) is 83.9 Å². The average Bonchev–Trinajstić information content (AvgIpc) is 3.13. The van der Waals surface area contributed by atoms with Crippen molar-refractivity contribution in [1.82, 2.24) is 4.57 Å². The Morgan fingerprint density at radius 2 is 1.61 bits per heavy atom. The molecule has 1 unspecified atom stereocenters. The molecule has 1 atom stereocenters. The smallest absolute Gasteiger partial charge is 0.326 e. The molecule has 156 valence electrons. The van der Waals surface area contributed by atoms with Crippen molar-refractivity contribution in [3.63, 3.8) is 0 Å². The number of aromatic nitrogens is 1.